The molecule has 3 amide bonds. The zero-order valence-electron chi connectivity index (χ0n) is 15.4. The standard InChI is InChI=1S/C19H25N3O5/c1-13(24)20-10-17-11-22(19(26)27-17)16-4-2-14(3-5-16)15-6-8-21(9-7-15)18(25)12-23/h2-5,15,17,23H,6-12H2,1H3,(H,20,24)/t17-/m0/s1. The number of nitrogens with one attached hydrogen (secondary N) is 1. The molecule has 0 unspecified atom stereocenters. The van der Waals surface area contributed by atoms with Crippen LogP contribution in [0.15, 0.2) is 24.3 Å². The van der Waals surface area contributed by atoms with Gasteiger partial charge in [-0.3, -0.25) is 14.5 Å². The maximum absolute atomic E-state index is 12.1. The number of carbonyl (C=O) groups is 3. The minimum absolute atomic E-state index is 0.152. The summed E-state index contributed by atoms with van der Waals surface area (Å²) in [5.74, 6) is -0.00872. The van der Waals surface area contributed by atoms with Gasteiger partial charge in [0.1, 0.15) is 12.7 Å². The Labute approximate surface area is 158 Å². The Kier molecular flexibility index (Phi) is 5.95. The van der Waals surface area contributed by atoms with Crippen LogP contribution in [-0.4, -0.2) is 66.8 Å². The van der Waals surface area contributed by atoms with Crippen molar-refractivity contribution in [1.82, 2.24) is 10.2 Å². The zero-order chi connectivity index (χ0) is 19.4. The van der Waals surface area contributed by atoms with Gasteiger partial charge in [-0.25, -0.2) is 4.79 Å². The van der Waals surface area contributed by atoms with Crippen LogP contribution in [0.25, 0.3) is 0 Å². The van der Waals surface area contributed by atoms with Crippen molar-refractivity contribution in [1.29, 1.82) is 0 Å². The quantitative estimate of drug-likeness (QED) is 0.795. The van der Waals surface area contributed by atoms with Crippen molar-refractivity contribution in [3.63, 3.8) is 0 Å². The Morgan fingerprint density at radius 3 is 2.48 bits per heavy atom. The zero-order valence-corrected chi connectivity index (χ0v) is 15.4. The van der Waals surface area contributed by atoms with E-state index in [2.05, 4.69) is 5.32 Å². The Morgan fingerprint density at radius 2 is 1.89 bits per heavy atom. The van der Waals surface area contributed by atoms with E-state index in [9.17, 15) is 14.4 Å². The van der Waals surface area contributed by atoms with Crippen LogP contribution >= 0.6 is 0 Å². The first-order valence-electron chi connectivity index (χ1n) is 9.19. The van der Waals surface area contributed by atoms with E-state index in [1.54, 1.807) is 9.80 Å². The number of anilines is 1. The van der Waals surface area contributed by atoms with Crippen LogP contribution < -0.4 is 10.2 Å². The number of cyclic esters (lactones) is 1. The third-order valence-electron chi connectivity index (χ3n) is 5.11. The molecule has 146 valence electrons. The smallest absolute Gasteiger partial charge is 0.414 e. The number of aliphatic hydroxyl groups is 1. The van der Waals surface area contributed by atoms with Gasteiger partial charge in [0, 0.05) is 25.7 Å². The summed E-state index contributed by atoms with van der Waals surface area (Å²) in [5, 5.41) is 11.6. The number of ether oxygens (including phenoxy) is 1. The Bertz CT molecular complexity index is 698. The predicted octanol–water partition coefficient (Wildman–Crippen LogP) is 0.846. The lowest BCUT2D eigenvalue weighted by Crippen LogP contribution is -2.39. The van der Waals surface area contributed by atoms with Crippen molar-refractivity contribution in [2.75, 3.05) is 37.7 Å². The molecule has 3 rings (SSSR count). The lowest BCUT2D eigenvalue weighted by atomic mass is 9.89. The van der Waals surface area contributed by atoms with Gasteiger partial charge in [0.15, 0.2) is 0 Å². The summed E-state index contributed by atoms with van der Waals surface area (Å²) in [6.07, 6.45) is 0.953. The third-order valence-corrected chi connectivity index (χ3v) is 5.11. The highest BCUT2D eigenvalue weighted by atomic mass is 16.6. The number of nitrogens with zero attached hydrogens (tertiary/aromatic N) is 2. The first-order chi connectivity index (χ1) is 13.0. The normalized spacial score (nSPS) is 20.5. The molecule has 2 aliphatic heterocycles. The van der Waals surface area contributed by atoms with Crippen LogP contribution in [0.4, 0.5) is 10.5 Å². The number of benzene rings is 1. The van der Waals surface area contributed by atoms with Crippen molar-refractivity contribution < 1.29 is 24.2 Å². The second-order valence-corrected chi connectivity index (χ2v) is 6.96. The molecule has 0 radical (unpaired) electrons. The van der Waals surface area contributed by atoms with E-state index < -0.39 is 12.7 Å². The summed E-state index contributed by atoms with van der Waals surface area (Å²) in [4.78, 5) is 37.9. The third kappa shape index (κ3) is 4.57. The molecule has 8 heteroatoms. The minimum atomic E-state index is -0.436. The van der Waals surface area contributed by atoms with Crippen LogP contribution in [0.2, 0.25) is 0 Å². The second-order valence-electron chi connectivity index (χ2n) is 6.96. The van der Waals surface area contributed by atoms with Crippen LogP contribution in [0.3, 0.4) is 0 Å². The Hall–Kier alpha value is -2.61. The van der Waals surface area contributed by atoms with Gasteiger partial charge >= 0.3 is 6.09 Å². The Morgan fingerprint density at radius 1 is 1.22 bits per heavy atom. The van der Waals surface area contributed by atoms with Gasteiger partial charge in [0.05, 0.1) is 13.1 Å². The summed E-state index contributed by atoms with van der Waals surface area (Å²) in [6, 6.07) is 7.83. The van der Waals surface area contributed by atoms with E-state index in [1.807, 2.05) is 24.3 Å². The number of hydrogen-bond acceptors (Lipinski definition) is 5. The molecule has 2 fully saturated rings. The van der Waals surface area contributed by atoms with E-state index >= 15 is 0 Å². The fourth-order valence-corrected chi connectivity index (χ4v) is 3.58. The van der Waals surface area contributed by atoms with Gasteiger partial charge in [-0.15, -0.1) is 0 Å². The van der Waals surface area contributed by atoms with Crippen molar-refractivity contribution in [3.8, 4) is 0 Å². The first-order valence-corrected chi connectivity index (χ1v) is 9.19. The molecule has 2 heterocycles. The maximum Gasteiger partial charge on any atom is 0.414 e. The first kappa shape index (κ1) is 19.2. The van der Waals surface area contributed by atoms with Crippen LogP contribution in [0, 0.1) is 0 Å². The summed E-state index contributed by atoms with van der Waals surface area (Å²) in [6.45, 7) is 3.00. The molecule has 0 spiro atoms. The Balaban J connectivity index is 1.57. The van der Waals surface area contributed by atoms with Gasteiger partial charge in [-0.1, -0.05) is 12.1 Å². The fourth-order valence-electron chi connectivity index (χ4n) is 3.58. The number of amides is 3. The van der Waals surface area contributed by atoms with E-state index in [4.69, 9.17) is 9.84 Å². The van der Waals surface area contributed by atoms with E-state index in [1.165, 1.54) is 12.5 Å². The highest BCUT2D eigenvalue weighted by Gasteiger charge is 2.32. The number of likely N-dealkylation sites (tertiary alicyclic amines) is 1. The molecular weight excluding hydrogens is 350 g/mol. The van der Waals surface area contributed by atoms with Crippen molar-refractivity contribution in [2.24, 2.45) is 0 Å². The molecule has 2 N–H and O–H groups in total. The summed E-state index contributed by atoms with van der Waals surface area (Å²) in [5.41, 5.74) is 1.94. The van der Waals surface area contributed by atoms with Crippen molar-refractivity contribution >= 4 is 23.6 Å². The molecule has 8 nitrogen and oxygen atoms in total. The van der Waals surface area contributed by atoms with Crippen molar-refractivity contribution in [3.05, 3.63) is 29.8 Å². The molecule has 0 aromatic heterocycles. The minimum Gasteiger partial charge on any atom is -0.442 e. The van der Waals surface area contributed by atoms with E-state index in [0.717, 1.165) is 18.5 Å². The molecular formula is C19H25N3O5. The maximum atomic E-state index is 12.1. The molecule has 0 aliphatic carbocycles. The average Bonchev–Trinajstić information content (AvgIpc) is 3.06. The van der Waals surface area contributed by atoms with Gasteiger partial charge < -0.3 is 20.1 Å². The monoisotopic (exact) mass is 375 g/mol. The molecule has 2 aliphatic rings. The largest absolute Gasteiger partial charge is 0.442 e. The van der Waals surface area contributed by atoms with Crippen molar-refractivity contribution in [2.45, 2.75) is 31.8 Å². The number of piperidine rings is 1. The number of rotatable bonds is 5. The molecule has 27 heavy (non-hydrogen) atoms. The fraction of sp³-hybridized carbons (Fsp3) is 0.526. The number of hydrogen-bond donors (Lipinski definition) is 2. The molecule has 2 saturated heterocycles. The van der Waals surface area contributed by atoms with Gasteiger partial charge in [0.2, 0.25) is 11.8 Å². The summed E-state index contributed by atoms with van der Waals surface area (Å²) < 4.78 is 5.28. The molecule has 1 aromatic carbocycles. The predicted molar refractivity (Wildman–Crippen MR) is 98.4 cm³/mol. The molecule has 1 aromatic rings. The molecule has 0 bridgehead atoms. The second kappa shape index (κ2) is 8.39. The lowest BCUT2D eigenvalue weighted by molar-refractivity contribution is -0.135. The van der Waals surface area contributed by atoms with Crippen LogP contribution in [0.5, 0.6) is 0 Å². The van der Waals surface area contributed by atoms with Gasteiger partial charge in [-0.05, 0) is 36.5 Å². The van der Waals surface area contributed by atoms with E-state index in [0.29, 0.717) is 32.1 Å². The average molecular weight is 375 g/mol. The van der Waals surface area contributed by atoms with Crippen LogP contribution in [0.1, 0.15) is 31.2 Å². The number of aliphatic hydroxyl groups excluding tert-OH is 1. The van der Waals surface area contributed by atoms with Gasteiger partial charge in [0.25, 0.3) is 0 Å². The topological polar surface area (TPSA) is 99.2 Å². The lowest BCUT2D eigenvalue weighted by Gasteiger charge is -2.32. The van der Waals surface area contributed by atoms with Crippen LogP contribution in [-0.2, 0) is 14.3 Å². The summed E-state index contributed by atoms with van der Waals surface area (Å²) in [7, 11) is 0. The number of carbonyl (C=O) groups excluding carboxylic acids is 3. The van der Waals surface area contributed by atoms with Gasteiger partial charge in [-0.2, -0.15) is 0 Å². The highest BCUT2D eigenvalue weighted by Crippen LogP contribution is 2.30. The SMILES string of the molecule is CC(=O)NC[C@H]1CN(c2ccc(C3CCN(C(=O)CO)CC3)cc2)C(=O)O1. The highest BCUT2D eigenvalue weighted by molar-refractivity contribution is 5.89. The summed E-state index contributed by atoms with van der Waals surface area (Å²) >= 11 is 0. The molecule has 1 atom stereocenters. The van der Waals surface area contributed by atoms with E-state index in [-0.39, 0.29) is 17.9 Å². The molecule has 0 saturated carbocycles.